The van der Waals surface area contributed by atoms with E-state index in [4.69, 9.17) is 0 Å². The molecule has 1 heterocycles. The Morgan fingerprint density at radius 1 is 0.957 bits per heavy atom. The molecule has 2 aromatic carbocycles. The third-order valence-electron chi connectivity index (χ3n) is 4.31. The first-order chi connectivity index (χ1) is 11.2. The number of halogens is 2. The first kappa shape index (κ1) is 16.5. The molecule has 0 saturated carbocycles. The van der Waals surface area contributed by atoms with Crippen LogP contribution in [-0.2, 0) is 6.42 Å². The number of benzene rings is 2. The fourth-order valence-electron chi connectivity index (χ4n) is 2.94. The first-order valence-corrected chi connectivity index (χ1v) is 8.96. The second kappa shape index (κ2) is 7.93. The molecular formula is C19H21F2NS. The van der Waals surface area contributed by atoms with Gasteiger partial charge in [0.05, 0.1) is 0 Å². The van der Waals surface area contributed by atoms with Crippen molar-refractivity contribution in [1.82, 2.24) is 4.90 Å². The Hall–Kier alpha value is -1.39. The Labute approximate surface area is 140 Å². The molecule has 23 heavy (non-hydrogen) atoms. The van der Waals surface area contributed by atoms with Crippen LogP contribution < -0.4 is 0 Å². The lowest BCUT2D eigenvalue weighted by Crippen LogP contribution is -2.36. The summed E-state index contributed by atoms with van der Waals surface area (Å²) in [5.41, 5.74) is 0.801. The lowest BCUT2D eigenvalue weighted by molar-refractivity contribution is 0.235. The Balaban J connectivity index is 1.43. The van der Waals surface area contributed by atoms with Crippen molar-refractivity contribution in [1.29, 1.82) is 0 Å². The van der Waals surface area contributed by atoms with Crippen LogP contribution in [0.3, 0.4) is 0 Å². The minimum Gasteiger partial charge on any atom is -0.303 e. The maximum Gasteiger partial charge on any atom is 0.126 e. The minimum absolute atomic E-state index is 0.103. The predicted molar refractivity (Wildman–Crippen MR) is 91.8 cm³/mol. The Morgan fingerprint density at radius 2 is 1.65 bits per heavy atom. The first-order valence-electron chi connectivity index (χ1n) is 8.09. The van der Waals surface area contributed by atoms with Gasteiger partial charge in [0.1, 0.15) is 11.6 Å². The summed E-state index contributed by atoms with van der Waals surface area (Å²) in [5.74, 6) is -0.286. The second-order valence-corrected chi connectivity index (χ2v) is 7.33. The van der Waals surface area contributed by atoms with Crippen molar-refractivity contribution in [3.05, 3.63) is 65.7 Å². The van der Waals surface area contributed by atoms with Gasteiger partial charge in [-0.05, 0) is 68.2 Å². The lowest BCUT2D eigenvalue weighted by atomic mass is 10.1. The smallest absolute Gasteiger partial charge is 0.126 e. The van der Waals surface area contributed by atoms with Crippen LogP contribution >= 0.6 is 11.8 Å². The van der Waals surface area contributed by atoms with E-state index in [9.17, 15) is 8.78 Å². The Kier molecular flexibility index (Phi) is 5.68. The van der Waals surface area contributed by atoms with Gasteiger partial charge < -0.3 is 4.90 Å². The largest absolute Gasteiger partial charge is 0.303 e. The van der Waals surface area contributed by atoms with Gasteiger partial charge in [-0.15, -0.1) is 11.8 Å². The number of hydrogen-bond donors (Lipinski definition) is 0. The summed E-state index contributed by atoms with van der Waals surface area (Å²) in [7, 11) is 0. The normalized spacial score (nSPS) is 16.6. The van der Waals surface area contributed by atoms with Crippen LogP contribution in [0.2, 0.25) is 0 Å². The van der Waals surface area contributed by atoms with Gasteiger partial charge in [0, 0.05) is 16.7 Å². The van der Waals surface area contributed by atoms with Crippen molar-refractivity contribution < 1.29 is 8.78 Å². The molecule has 3 rings (SSSR count). The van der Waals surface area contributed by atoms with Crippen LogP contribution in [0, 0.1) is 11.6 Å². The zero-order valence-corrected chi connectivity index (χ0v) is 13.9. The molecule has 2 aromatic rings. The maximum atomic E-state index is 13.6. The predicted octanol–water partition coefficient (Wildman–Crippen LogP) is 4.76. The molecule has 1 aliphatic heterocycles. The van der Waals surface area contributed by atoms with Gasteiger partial charge in [-0.1, -0.05) is 18.2 Å². The van der Waals surface area contributed by atoms with E-state index in [1.165, 1.54) is 18.2 Å². The highest BCUT2D eigenvalue weighted by atomic mass is 32.2. The van der Waals surface area contributed by atoms with E-state index in [-0.39, 0.29) is 11.6 Å². The quantitative estimate of drug-likeness (QED) is 0.776. The molecule has 0 aliphatic carbocycles. The summed E-state index contributed by atoms with van der Waals surface area (Å²) in [6.45, 7) is 3.01. The van der Waals surface area contributed by atoms with E-state index in [2.05, 4.69) is 4.90 Å². The molecule has 0 atom stereocenters. The number of hydrogen-bond acceptors (Lipinski definition) is 2. The van der Waals surface area contributed by atoms with Gasteiger partial charge in [-0.25, -0.2) is 8.78 Å². The fourth-order valence-corrected chi connectivity index (χ4v) is 4.06. The van der Waals surface area contributed by atoms with Crippen molar-refractivity contribution in [2.75, 3.05) is 19.6 Å². The topological polar surface area (TPSA) is 3.24 Å². The van der Waals surface area contributed by atoms with Crippen molar-refractivity contribution in [3.8, 4) is 0 Å². The molecule has 0 N–H and O–H groups in total. The van der Waals surface area contributed by atoms with Crippen LogP contribution in [0.1, 0.15) is 18.4 Å². The van der Waals surface area contributed by atoms with Crippen molar-refractivity contribution in [2.24, 2.45) is 0 Å². The molecule has 122 valence electrons. The van der Waals surface area contributed by atoms with Crippen LogP contribution in [-0.4, -0.2) is 29.8 Å². The summed E-state index contributed by atoms with van der Waals surface area (Å²) in [6.07, 6.45) is 3.01. The fraction of sp³-hybridized carbons (Fsp3) is 0.368. The highest BCUT2D eigenvalue weighted by Gasteiger charge is 2.20. The van der Waals surface area contributed by atoms with E-state index in [0.717, 1.165) is 49.4 Å². The number of thioether (sulfide) groups is 1. The van der Waals surface area contributed by atoms with Gasteiger partial charge in [-0.3, -0.25) is 0 Å². The molecule has 0 bridgehead atoms. The monoisotopic (exact) mass is 333 g/mol. The highest BCUT2D eigenvalue weighted by Crippen LogP contribution is 2.30. The van der Waals surface area contributed by atoms with Gasteiger partial charge in [0.15, 0.2) is 0 Å². The van der Waals surface area contributed by atoms with Gasteiger partial charge in [0.2, 0.25) is 0 Å². The lowest BCUT2D eigenvalue weighted by Gasteiger charge is -2.31. The molecule has 1 saturated heterocycles. The molecule has 4 heteroatoms. The van der Waals surface area contributed by atoms with Crippen molar-refractivity contribution >= 4 is 11.8 Å². The molecule has 1 fully saturated rings. The summed E-state index contributed by atoms with van der Waals surface area (Å²) in [6, 6.07) is 13.8. The molecule has 1 aliphatic rings. The van der Waals surface area contributed by atoms with Crippen molar-refractivity contribution in [3.63, 3.8) is 0 Å². The number of nitrogens with zero attached hydrogens (tertiary/aromatic N) is 1. The average Bonchev–Trinajstić information content (AvgIpc) is 2.58. The summed E-state index contributed by atoms with van der Waals surface area (Å²) in [5, 5.41) is 0.588. The summed E-state index contributed by atoms with van der Waals surface area (Å²) < 4.78 is 26.6. The van der Waals surface area contributed by atoms with Crippen LogP contribution in [0.15, 0.2) is 53.4 Å². The van der Waals surface area contributed by atoms with Crippen molar-refractivity contribution in [2.45, 2.75) is 29.4 Å². The molecular weight excluding hydrogens is 312 g/mol. The second-order valence-electron chi connectivity index (χ2n) is 5.95. The summed E-state index contributed by atoms with van der Waals surface area (Å²) >= 11 is 1.84. The van der Waals surface area contributed by atoms with E-state index in [0.29, 0.717) is 5.25 Å². The Bertz CT molecular complexity index is 622. The number of likely N-dealkylation sites (tertiary alicyclic amines) is 1. The molecule has 0 amide bonds. The van der Waals surface area contributed by atoms with E-state index in [1.54, 1.807) is 6.07 Å². The van der Waals surface area contributed by atoms with E-state index >= 15 is 0 Å². The van der Waals surface area contributed by atoms with Crippen LogP contribution in [0.4, 0.5) is 8.78 Å². The van der Waals surface area contributed by atoms with Gasteiger partial charge >= 0.3 is 0 Å². The van der Waals surface area contributed by atoms with E-state index < -0.39 is 0 Å². The highest BCUT2D eigenvalue weighted by molar-refractivity contribution is 8.00. The number of rotatable bonds is 5. The zero-order chi connectivity index (χ0) is 16.1. The molecule has 1 nitrogen and oxygen atoms in total. The standard InChI is InChI=1S/C19H21F2NS/c20-16-5-7-17(8-6-16)23-18-10-13-22(14-11-18)12-9-15-3-1-2-4-19(15)21/h1-8,18H,9-14H2. The van der Waals surface area contributed by atoms with Crippen LogP contribution in [0.25, 0.3) is 0 Å². The van der Waals surface area contributed by atoms with Gasteiger partial charge in [-0.2, -0.15) is 0 Å². The minimum atomic E-state index is -0.183. The third-order valence-corrected chi connectivity index (χ3v) is 5.66. The molecule has 0 unspecified atom stereocenters. The van der Waals surface area contributed by atoms with Gasteiger partial charge in [0.25, 0.3) is 0 Å². The summed E-state index contributed by atoms with van der Waals surface area (Å²) in [4.78, 5) is 3.55. The average molecular weight is 333 g/mol. The molecule has 0 spiro atoms. The zero-order valence-electron chi connectivity index (χ0n) is 13.1. The Morgan fingerprint density at radius 3 is 2.35 bits per heavy atom. The molecule has 0 radical (unpaired) electrons. The van der Waals surface area contributed by atoms with Crippen LogP contribution in [0.5, 0.6) is 0 Å². The van der Waals surface area contributed by atoms with E-state index in [1.807, 2.05) is 36.0 Å². The third kappa shape index (κ3) is 4.79. The number of piperidine rings is 1. The SMILES string of the molecule is Fc1ccc(SC2CCN(CCc3ccccc3F)CC2)cc1. The maximum absolute atomic E-state index is 13.6. The molecule has 0 aromatic heterocycles.